The lowest BCUT2D eigenvalue weighted by molar-refractivity contribution is -0.0886. The number of rotatable bonds is 6. The van der Waals surface area contributed by atoms with Crippen LogP contribution >= 0.6 is 0 Å². The van der Waals surface area contributed by atoms with Crippen molar-refractivity contribution in [1.29, 1.82) is 0 Å². The van der Waals surface area contributed by atoms with Crippen molar-refractivity contribution in [3.05, 3.63) is 0 Å². The van der Waals surface area contributed by atoms with Crippen LogP contribution in [0.3, 0.4) is 0 Å². The topological polar surface area (TPSA) is 66.8 Å². The first-order chi connectivity index (χ1) is 7.92. The van der Waals surface area contributed by atoms with E-state index in [-0.39, 0.29) is 18.3 Å². The van der Waals surface area contributed by atoms with Crippen LogP contribution in [0.2, 0.25) is 0 Å². The summed E-state index contributed by atoms with van der Waals surface area (Å²) in [5, 5.41) is 9.91. The average molecular weight is 265 g/mol. The fourth-order valence-electron chi connectivity index (χ4n) is 2.00. The van der Waals surface area contributed by atoms with Gasteiger partial charge in [-0.1, -0.05) is 6.92 Å². The van der Waals surface area contributed by atoms with E-state index in [9.17, 15) is 13.5 Å². The van der Waals surface area contributed by atoms with Crippen LogP contribution in [0.15, 0.2) is 0 Å². The molecule has 0 amide bonds. The van der Waals surface area contributed by atoms with E-state index in [1.165, 1.54) is 6.26 Å². The van der Waals surface area contributed by atoms with Crippen molar-refractivity contribution in [2.45, 2.75) is 32.0 Å². The second-order valence-corrected chi connectivity index (χ2v) is 6.96. The number of hydrogen-bond donors (Lipinski definition) is 1. The first kappa shape index (κ1) is 14.9. The maximum Gasteiger partial charge on any atom is 0.147 e. The van der Waals surface area contributed by atoms with Gasteiger partial charge in [0, 0.05) is 19.3 Å². The van der Waals surface area contributed by atoms with E-state index in [4.69, 9.17) is 4.74 Å². The van der Waals surface area contributed by atoms with Gasteiger partial charge in [0.2, 0.25) is 0 Å². The van der Waals surface area contributed by atoms with Crippen LogP contribution in [0.4, 0.5) is 0 Å². The van der Waals surface area contributed by atoms with Crippen molar-refractivity contribution in [1.82, 2.24) is 4.90 Å². The zero-order valence-electron chi connectivity index (χ0n) is 10.6. The molecule has 0 saturated carbocycles. The minimum atomic E-state index is -3.01. The third kappa shape index (κ3) is 5.81. The number of aliphatic hydroxyl groups excluding tert-OH is 1. The molecule has 0 aromatic carbocycles. The van der Waals surface area contributed by atoms with Gasteiger partial charge in [-0.2, -0.15) is 0 Å². The van der Waals surface area contributed by atoms with E-state index in [2.05, 4.69) is 11.8 Å². The molecule has 1 fully saturated rings. The fourth-order valence-corrected chi connectivity index (χ4v) is 2.67. The molecular weight excluding hydrogens is 242 g/mol. The first-order valence-electron chi connectivity index (χ1n) is 6.12. The Morgan fingerprint density at radius 2 is 2.24 bits per heavy atom. The Hall–Kier alpha value is -0.170. The van der Waals surface area contributed by atoms with Crippen molar-refractivity contribution in [2.24, 2.45) is 0 Å². The maximum absolute atomic E-state index is 11.0. The summed E-state index contributed by atoms with van der Waals surface area (Å²) in [6.45, 7) is 5.31. The number of ether oxygens (including phenoxy) is 1. The third-order valence-electron chi connectivity index (χ3n) is 2.93. The maximum atomic E-state index is 11.0. The highest BCUT2D eigenvalue weighted by Crippen LogP contribution is 2.12. The van der Waals surface area contributed by atoms with E-state index in [0.717, 1.165) is 19.5 Å². The Labute approximate surface area is 104 Å². The largest absolute Gasteiger partial charge is 0.390 e. The van der Waals surface area contributed by atoms with Crippen molar-refractivity contribution in [3.63, 3.8) is 0 Å². The highest BCUT2D eigenvalue weighted by atomic mass is 32.2. The summed E-state index contributed by atoms with van der Waals surface area (Å²) in [7, 11) is -3.01. The molecule has 5 nitrogen and oxygen atoms in total. The van der Waals surface area contributed by atoms with Crippen molar-refractivity contribution in [3.8, 4) is 0 Å². The minimum Gasteiger partial charge on any atom is -0.390 e. The van der Waals surface area contributed by atoms with Gasteiger partial charge in [-0.3, -0.25) is 4.90 Å². The summed E-state index contributed by atoms with van der Waals surface area (Å²) in [4.78, 5) is 2.25. The molecule has 2 atom stereocenters. The Balaban J connectivity index is 2.38. The smallest absolute Gasteiger partial charge is 0.147 e. The van der Waals surface area contributed by atoms with Gasteiger partial charge in [-0.05, 0) is 19.4 Å². The van der Waals surface area contributed by atoms with Crippen LogP contribution in [-0.2, 0) is 14.6 Å². The molecule has 0 aliphatic carbocycles. The normalized spacial score (nSPS) is 24.8. The standard InChI is InChI=1S/C11H23NO4S/c1-3-5-12-6-7-16-11(9-12)10(13)4-8-17(2,14)15/h10-11,13H,3-9H2,1-2H3. The van der Waals surface area contributed by atoms with Crippen LogP contribution < -0.4 is 0 Å². The second kappa shape index (κ2) is 6.68. The SMILES string of the molecule is CCCN1CCOC(C(O)CCS(C)(=O)=O)C1. The van der Waals surface area contributed by atoms with E-state index in [0.29, 0.717) is 13.2 Å². The number of sulfone groups is 1. The van der Waals surface area contributed by atoms with Crippen molar-refractivity contribution in [2.75, 3.05) is 38.2 Å². The van der Waals surface area contributed by atoms with Gasteiger partial charge in [0.05, 0.1) is 24.6 Å². The molecule has 0 bridgehead atoms. The summed E-state index contributed by atoms with van der Waals surface area (Å²) in [5.74, 6) is 0.0157. The summed E-state index contributed by atoms with van der Waals surface area (Å²) in [5.41, 5.74) is 0. The second-order valence-electron chi connectivity index (χ2n) is 4.70. The van der Waals surface area contributed by atoms with Gasteiger partial charge < -0.3 is 9.84 Å². The zero-order chi connectivity index (χ0) is 12.9. The lowest BCUT2D eigenvalue weighted by Gasteiger charge is -2.35. The Bertz CT molecular complexity index is 315. The van der Waals surface area contributed by atoms with Gasteiger partial charge in [0.25, 0.3) is 0 Å². The molecule has 1 heterocycles. The summed E-state index contributed by atoms with van der Waals surface area (Å²) in [6, 6.07) is 0. The zero-order valence-corrected chi connectivity index (χ0v) is 11.4. The van der Waals surface area contributed by atoms with Crippen LogP contribution in [0.5, 0.6) is 0 Å². The number of aliphatic hydroxyl groups is 1. The molecule has 6 heteroatoms. The molecule has 0 aromatic heterocycles. The first-order valence-corrected chi connectivity index (χ1v) is 8.18. The van der Waals surface area contributed by atoms with Gasteiger partial charge in [0.1, 0.15) is 9.84 Å². The van der Waals surface area contributed by atoms with Crippen molar-refractivity contribution < 1.29 is 18.3 Å². The Morgan fingerprint density at radius 1 is 1.53 bits per heavy atom. The van der Waals surface area contributed by atoms with E-state index < -0.39 is 15.9 Å². The predicted octanol–water partition coefficient (Wildman–Crippen LogP) is -0.107. The molecule has 1 aliphatic rings. The van der Waals surface area contributed by atoms with Gasteiger partial charge in [-0.15, -0.1) is 0 Å². The van der Waals surface area contributed by atoms with Gasteiger partial charge in [0.15, 0.2) is 0 Å². The molecular formula is C11H23NO4S. The summed E-state index contributed by atoms with van der Waals surface area (Å²) in [6.07, 6.45) is 1.57. The highest BCUT2D eigenvalue weighted by Gasteiger charge is 2.26. The van der Waals surface area contributed by atoms with E-state index in [1.807, 2.05) is 0 Å². The van der Waals surface area contributed by atoms with Gasteiger partial charge >= 0.3 is 0 Å². The molecule has 0 aromatic rings. The summed E-state index contributed by atoms with van der Waals surface area (Å²) >= 11 is 0. The molecule has 17 heavy (non-hydrogen) atoms. The number of morpholine rings is 1. The molecule has 0 spiro atoms. The van der Waals surface area contributed by atoms with Crippen LogP contribution in [0.1, 0.15) is 19.8 Å². The van der Waals surface area contributed by atoms with Crippen LogP contribution in [0.25, 0.3) is 0 Å². The highest BCUT2D eigenvalue weighted by molar-refractivity contribution is 7.90. The molecule has 102 valence electrons. The molecule has 1 aliphatic heterocycles. The average Bonchev–Trinajstić information content (AvgIpc) is 2.26. The number of nitrogens with zero attached hydrogens (tertiary/aromatic N) is 1. The predicted molar refractivity (Wildman–Crippen MR) is 66.8 cm³/mol. The molecule has 1 rings (SSSR count). The lowest BCUT2D eigenvalue weighted by atomic mass is 10.1. The van der Waals surface area contributed by atoms with Gasteiger partial charge in [-0.25, -0.2) is 8.42 Å². The Morgan fingerprint density at radius 3 is 2.82 bits per heavy atom. The lowest BCUT2D eigenvalue weighted by Crippen LogP contribution is -2.48. The minimum absolute atomic E-state index is 0.0157. The fraction of sp³-hybridized carbons (Fsp3) is 1.00. The van der Waals surface area contributed by atoms with E-state index >= 15 is 0 Å². The molecule has 0 radical (unpaired) electrons. The Kier molecular flexibility index (Phi) is 5.85. The molecule has 1 saturated heterocycles. The monoisotopic (exact) mass is 265 g/mol. The van der Waals surface area contributed by atoms with Crippen LogP contribution in [0, 0.1) is 0 Å². The van der Waals surface area contributed by atoms with Crippen LogP contribution in [-0.4, -0.2) is 68.9 Å². The summed E-state index contributed by atoms with van der Waals surface area (Å²) < 4.78 is 27.5. The quantitative estimate of drug-likeness (QED) is 0.726. The number of hydrogen-bond acceptors (Lipinski definition) is 5. The third-order valence-corrected chi connectivity index (χ3v) is 3.91. The van der Waals surface area contributed by atoms with Crippen molar-refractivity contribution >= 4 is 9.84 Å². The molecule has 2 unspecified atom stereocenters. The van der Waals surface area contributed by atoms with E-state index in [1.54, 1.807) is 0 Å². The molecule has 1 N–H and O–H groups in total.